The summed E-state index contributed by atoms with van der Waals surface area (Å²) >= 11 is 0. The first-order chi connectivity index (χ1) is 16.3. The largest absolute Gasteiger partial charge is 0.495 e. The second-order valence-electron chi connectivity index (χ2n) is 7.50. The topological polar surface area (TPSA) is 102 Å². The predicted octanol–water partition coefficient (Wildman–Crippen LogP) is 3.62. The van der Waals surface area contributed by atoms with Gasteiger partial charge in [-0.15, -0.1) is 0 Å². The van der Waals surface area contributed by atoms with Crippen LogP contribution in [0.5, 0.6) is 5.75 Å². The highest BCUT2D eigenvalue weighted by molar-refractivity contribution is 7.89. The van der Waals surface area contributed by atoms with Gasteiger partial charge in [0.1, 0.15) is 10.6 Å². The van der Waals surface area contributed by atoms with Crippen LogP contribution in [0.25, 0.3) is 0 Å². The molecule has 0 spiro atoms. The highest BCUT2D eigenvalue weighted by atomic mass is 32.2. The van der Waals surface area contributed by atoms with Crippen molar-refractivity contribution in [3.8, 4) is 5.75 Å². The van der Waals surface area contributed by atoms with Crippen molar-refractivity contribution in [3.63, 3.8) is 0 Å². The molecule has 3 rings (SSSR count). The van der Waals surface area contributed by atoms with Gasteiger partial charge < -0.3 is 14.8 Å². The van der Waals surface area contributed by atoms with Crippen molar-refractivity contribution in [3.05, 3.63) is 89.5 Å². The molecule has 178 valence electrons. The molecule has 3 aromatic rings. The van der Waals surface area contributed by atoms with Crippen molar-refractivity contribution in [1.29, 1.82) is 0 Å². The van der Waals surface area contributed by atoms with Gasteiger partial charge in [-0.05, 0) is 42.3 Å². The van der Waals surface area contributed by atoms with E-state index in [4.69, 9.17) is 9.47 Å². The van der Waals surface area contributed by atoms with Gasteiger partial charge in [-0.1, -0.05) is 48.5 Å². The van der Waals surface area contributed by atoms with E-state index in [0.717, 1.165) is 9.87 Å². The van der Waals surface area contributed by atoms with Gasteiger partial charge in [0.15, 0.2) is 0 Å². The van der Waals surface area contributed by atoms with E-state index in [1.807, 2.05) is 6.07 Å². The maximum atomic E-state index is 13.7. The Morgan fingerprint density at radius 3 is 2.29 bits per heavy atom. The van der Waals surface area contributed by atoms with Crippen LogP contribution in [0.1, 0.15) is 21.5 Å². The molecule has 0 aliphatic rings. The van der Waals surface area contributed by atoms with Crippen molar-refractivity contribution in [1.82, 2.24) is 4.31 Å². The molecule has 0 radical (unpaired) electrons. The molecule has 34 heavy (non-hydrogen) atoms. The molecule has 1 amide bonds. The first-order valence-electron chi connectivity index (χ1n) is 10.4. The van der Waals surface area contributed by atoms with Crippen LogP contribution < -0.4 is 10.1 Å². The van der Waals surface area contributed by atoms with Gasteiger partial charge in [-0.25, -0.2) is 13.2 Å². The highest BCUT2D eigenvalue weighted by Crippen LogP contribution is 2.29. The lowest BCUT2D eigenvalue weighted by Crippen LogP contribution is -2.38. The lowest BCUT2D eigenvalue weighted by molar-refractivity contribution is -0.116. The quantitative estimate of drug-likeness (QED) is 0.468. The van der Waals surface area contributed by atoms with E-state index in [1.54, 1.807) is 61.5 Å². The fourth-order valence-electron chi connectivity index (χ4n) is 3.37. The molecule has 0 aromatic heterocycles. The van der Waals surface area contributed by atoms with Crippen LogP contribution in [0.3, 0.4) is 0 Å². The molecule has 0 heterocycles. The van der Waals surface area contributed by atoms with Crippen LogP contribution in [0.4, 0.5) is 5.69 Å². The zero-order chi connectivity index (χ0) is 24.7. The summed E-state index contributed by atoms with van der Waals surface area (Å²) in [5.41, 5.74) is 1.83. The van der Waals surface area contributed by atoms with E-state index >= 15 is 0 Å². The number of amides is 1. The van der Waals surface area contributed by atoms with Crippen LogP contribution in [-0.4, -0.2) is 45.4 Å². The molecule has 0 aliphatic carbocycles. The number of esters is 1. The monoisotopic (exact) mass is 482 g/mol. The summed E-state index contributed by atoms with van der Waals surface area (Å²) in [6.45, 7) is 1.26. The molecule has 0 bridgehead atoms. The summed E-state index contributed by atoms with van der Waals surface area (Å²) in [6, 6.07) is 20.1. The normalized spacial score (nSPS) is 11.2. The molecule has 0 atom stereocenters. The number of nitrogens with one attached hydrogen (secondary N) is 1. The Labute approximate surface area is 199 Å². The summed E-state index contributed by atoms with van der Waals surface area (Å²) < 4.78 is 38.5. The molecular formula is C25H26N2O6S. The molecule has 0 unspecified atom stereocenters. The van der Waals surface area contributed by atoms with Gasteiger partial charge in [0.2, 0.25) is 15.9 Å². The molecule has 0 saturated carbocycles. The van der Waals surface area contributed by atoms with E-state index in [2.05, 4.69) is 5.32 Å². The number of nitrogens with zero attached hydrogens (tertiary/aromatic N) is 1. The average molecular weight is 483 g/mol. The number of hydrogen-bond acceptors (Lipinski definition) is 6. The summed E-state index contributed by atoms with van der Waals surface area (Å²) in [7, 11) is -1.50. The number of ether oxygens (including phenoxy) is 2. The first-order valence-corrected chi connectivity index (χ1v) is 11.9. The van der Waals surface area contributed by atoms with Gasteiger partial charge >= 0.3 is 5.97 Å². The molecule has 0 saturated heterocycles. The summed E-state index contributed by atoms with van der Waals surface area (Å²) in [6.07, 6.45) is 0. The second-order valence-corrected chi connectivity index (χ2v) is 9.40. The van der Waals surface area contributed by atoms with E-state index in [0.29, 0.717) is 5.56 Å². The molecule has 9 heteroatoms. The molecule has 0 fully saturated rings. The SMILES string of the molecule is COC(=O)c1ccccc1NC(=O)CN(Cc1ccccc1)S(=O)(=O)c1cc(C)ccc1OC. The lowest BCUT2D eigenvalue weighted by atomic mass is 10.2. The van der Waals surface area contributed by atoms with E-state index < -0.39 is 28.4 Å². The number of sulfonamides is 1. The third-order valence-electron chi connectivity index (χ3n) is 5.07. The Hall–Kier alpha value is -3.69. The second kappa shape index (κ2) is 11.0. The van der Waals surface area contributed by atoms with Crippen LogP contribution in [0.2, 0.25) is 0 Å². The molecule has 3 aromatic carbocycles. The number of methoxy groups -OCH3 is 2. The third-order valence-corrected chi connectivity index (χ3v) is 6.88. The maximum Gasteiger partial charge on any atom is 0.339 e. The molecule has 0 aliphatic heterocycles. The zero-order valence-electron chi connectivity index (χ0n) is 19.1. The smallest absolute Gasteiger partial charge is 0.339 e. The van der Waals surface area contributed by atoms with Gasteiger partial charge in [0, 0.05) is 6.54 Å². The van der Waals surface area contributed by atoms with Crippen molar-refractivity contribution >= 4 is 27.6 Å². The van der Waals surface area contributed by atoms with Gasteiger partial charge in [-0.2, -0.15) is 4.31 Å². The van der Waals surface area contributed by atoms with E-state index in [9.17, 15) is 18.0 Å². The molecular weight excluding hydrogens is 456 g/mol. The lowest BCUT2D eigenvalue weighted by Gasteiger charge is -2.23. The summed E-state index contributed by atoms with van der Waals surface area (Å²) in [4.78, 5) is 25.0. The summed E-state index contributed by atoms with van der Waals surface area (Å²) in [5, 5.41) is 2.63. The number of anilines is 1. The van der Waals surface area contributed by atoms with Crippen LogP contribution in [0.15, 0.2) is 77.7 Å². The van der Waals surface area contributed by atoms with Gasteiger partial charge in [-0.3, -0.25) is 4.79 Å². The molecule has 8 nitrogen and oxygen atoms in total. The van der Waals surface area contributed by atoms with Gasteiger partial charge in [0.05, 0.1) is 32.0 Å². The Balaban J connectivity index is 1.96. The average Bonchev–Trinajstić information content (AvgIpc) is 2.84. The minimum atomic E-state index is -4.13. The fourth-order valence-corrected chi connectivity index (χ4v) is 4.99. The number of hydrogen-bond donors (Lipinski definition) is 1. The minimum Gasteiger partial charge on any atom is -0.495 e. The van der Waals surface area contributed by atoms with Crippen LogP contribution in [0, 0.1) is 6.92 Å². The Morgan fingerprint density at radius 2 is 1.62 bits per heavy atom. The molecule has 1 N–H and O–H groups in total. The van der Waals surface area contributed by atoms with Crippen molar-refractivity contribution in [2.75, 3.05) is 26.1 Å². The minimum absolute atomic E-state index is 0.0336. The standard InChI is InChI=1S/C25H26N2O6S/c1-18-13-14-22(32-2)23(15-18)34(30,31)27(16-19-9-5-4-6-10-19)17-24(28)26-21-12-8-7-11-20(21)25(29)33-3/h4-15H,16-17H2,1-3H3,(H,26,28). The van der Waals surface area contributed by atoms with E-state index in [1.165, 1.54) is 26.4 Å². The first kappa shape index (κ1) is 24.9. The highest BCUT2D eigenvalue weighted by Gasteiger charge is 2.30. The maximum absolute atomic E-state index is 13.7. The van der Waals surface area contributed by atoms with Crippen molar-refractivity contribution in [2.24, 2.45) is 0 Å². The van der Waals surface area contributed by atoms with Crippen LogP contribution in [-0.2, 0) is 26.1 Å². The van der Waals surface area contributed by atoms with Gasteiger partial charge in [0.25, 0.3) is 0 Å². The van der Waals surface area contributed by atoms with E-state index in [-0.39, 0.29) is 28.4 Å². The Kier molecular flexibility index (Phi) is 8.04. The van der Waals surface area contributed by atoms with Crippen molar-refractivity contribution < 1.29 is 27.5 Å². The summed E-state index contributed by atoms with van der Waals surface area (Å²) in [5.74, 6) is -1.04. The predicted molar refractivity (Wildman–Crippen MR) is 128 cm³/mol. The van der Waals surface area contributed by atoms with Crippen molar-refractivity contribution in [2.45, 2.75) is 18.4 Å². The zero-order valence-corrected chi connectivity index (χ0v) is 20.0. The number of para-hydroxylation sites is 1. The number of benzene rings is 3. The van der Waals surface area contributed by atoms with Crippen LogP contribution >= 0.6 is 0 Å². The Bertz CT molecular complexity index is 1280. The number of aryl methyl sites for hydroxylation is 1. The number of carbonyl (C=O) groups excluding carboxylic acids is 2. The Morgan fingerprint density at radius 1 is 0.941 bits per heavy atom. The third kappa shape index (κ3) is 5.81. The fraction of sp³-hybridized carbons (Fsp3) is 0.200. The number of rotatable bonds is 9. The number of carbonyl (C=O) groups is 2.